The molecule has 0 aliphatic heterocycles. The van der Waals surface area contributed by atoms with Gasteiger partial charge in [0.25, 0.3) is 0 Å². The molecule has 5 heterocycles. The third kappa shape index (κ3) is 6.03. The first-order valence-electron chi connectivity index (χ1n) is 19.5. The highest BCUT2D eigenvalue weighted by Crippen LogP contribution is 2.39. The number of hydrogen-bond donors (Lipinski definition) is 1. The monoisotopic (exact) mass is 736 g/mol. The first kappa shape index (κ1) is 34.2. The minimum absolute atomic E-state index is 0.290. The van der Waals surface area contributed by atoms with E-state index in [0.29, 0.717) is 5.92 Å². The third-order valence-corrected chi connectivity index (χ3v) is 11.2. The van der Waals surface area contributed by atoms with Crippen molar-refractivity contribution in [2.24, 2.45) is 11.7 Å². The summed E-state index contributed by atoms with van der Waals surface area (Å²) in [6.07, 6.45) is 26.2. The number of aromatic nitrogens is 5. The van der Waals surface area contributed by atoms with Gasteiger partial charge in [-0.25, -0.2) is 0 Å². The molecule has 1 atom stereocenters. The number of pyridine rings is 3. The summed E-state index contributed by atoms with van der Waals surface area (Å²) in [6.45, 7) is 2.17. The van der Waals surface area contributed by atoms with E-state index in [9.17, 15) is 0 Å². The zero-order valence-corrected chi connectivity index (χ0v) is 31.6. The van der Waals surface area contributed by atoms with Gasteiger partial charge in [-0.1, -0.05) is 67.6 Å². The van der Waals surface area contributed by atoms with Crippen LogP contribution >= 0.6 is 0 Å². The highest BCUT2D eigenvalue weighted by atomic mass is 15.0. The third-order valence-electron chi connectivity index (χ3n) is 11.2. The highest BCUT2D eigenvalue weighted by molar-refractivity contribution is 6.11. The largest absolute Gasteiger partial charge is 0.405 e. The number of fused-ring (bicyclic) bond motifs is 6. The van der Waals surface area contributed by atoms with Gasteiger partial charge in [-0.05, 0) is 137 Å². The van der Waals surface area contributed by atoms with Crippen LogP contribution in [-0.4, -0.2) is 24.1 Å². The Balaban J connectivity index is 1.08. The van der Waals surface area contributed by atoms with Crippen molar-refractivity contribution in [2.45, 2.75) is 19.8 Å². The summed E-state index contributed by atoms with van der Waals surface area (Å²) in [4.78, 5) is 13.4. The molecule has 1 aliphatic rings. The lowest BCUT2D eigenvalue weighted by molar-refractivity contribution is 0.783. The van der Waals surface area contributed by atoms with Crippen LogP contribution in [0.3, 0.4) is 0 Å². The first-order chi connectivity index (χ1) is 28.2. The van der Waals surface area contributed by atoms with E-state index in [2.05, 4.69) is 165 Å². The van der Waals surface area contributed by atoms with Crippen molar-refractivity contribution in [3.05, 3.63) is 194 Å². The second-order valence-corrected chi connectivity index (χ2v) is 14.6. The van der Waals surface area contributed by atoms with Gasteiger partial charge in [0.2, 0.25) is 0 Å². The molecular weight excluding hydrogens is 697 g/mol. The minimum atomic E-state index is 0.290. The number of rotatable bonds is 8. The lowest BCUT2D eigenvalue weighted by Crippen LogP contribution is -2.03. The van der Waals surface area contributed by atoms with Gasteiger partial charge in [0.05, 0.1) is 22.1 Å². The van der Waals surface area contributed by atoms with Crippen LogP contribution in [0.1, 0.15) is 25.3 Å². The fraction of sp³-hybridized carbons (Fsp3) is 0.0784. The van der Waals surface area contributed by atoms with Crippen LogP contribution in [0, 0.1) is 5.92 Å². The lowest BCUT2D eigenvalue weighted by atomic mass is 9.86. The normalized spacial score (nSPS) is 14.7. The molecule has 5 aromatic heterocycles. The maximum absolute atomic E-state index is 5.83. The number of hydrogen-bond acceptors (Lipinski definition) is 4. The summed E-state index contributed by atoms with van der Waals surface area (Å²) in [6, 6.07) is 39.5. The van der Waals surface area contributed by atoms with E-state index in [-0.39, 0.29) is 0 Å². The van der Waals surface area contributed by atoms with Gasteiger partial charge in [-0.2, -0.15) is 0 Å². The smallest absolute Gasteiger partial charge is 0.0571 e. The fourth-order valence-electron chi connectivity index (χ4n) is 8.64. The summed E-state index contributed by atoms with van der Waals surface area (Å²) in [5.74, 6) is 0.290. The van der Waals surface area contributed by atoms with Crippen LogP contribution in [0.15, 0.2) is 189 Å². The average molecular weight is 737 g/mol. The van der Waals surface area contributed by atoms with Crippen LogP contribution in [0.5, 0.6) is 0 Å². The van der Waals surface area contributed by atoms with E-state index >= 15 is 0 Å². The molecule has 0 spiro atoms. The van der Waals surface area contributed by atoms with E-state index in [0.717, 1.165) is 73.6 Å². The van der Waals surface area contributed by atoms with E-state index in [1.165, 1.54) is 33.2 Å². The Hall–Kier alpha value is -7.31. The van der Waals surface area contributed by atoms with E-state index in [1.54, 1.807) is 6.20 Å². The molecule has 2 N–H and O–H groups in total. The Kier molecular flexibility index (Phi) is 8.64. The average Bonchev–Trinajstić information content (AvgIpc) is 3.79. The molecule has 9 aromatic rings. The van der Waals surface area contributed by atoms with Gasteiger partial charge >= 0.3 is 0 Å². The van der Waals surface area contributed by atoms with Gasteiger partial charge in [-0.15, -0.1) is 0 Å². The van der Waals surface area contributed by atoms with Crippen LogP contribution in [0.25, 0.3) is 82.8 Å². The van der Waals surface area contributed by atoms with E-state index < -0.39 is 0 Å². The number of allylic oxidation sites excluding steroid dienone is 7. The molecule has 1 unspecified atom stereocenters. The van der Waals surface area contributed by atoms with Crippen molar-refractivity contribution in [1.82, 2.24) is 24.1 Å². The molecule has 6 nitrogen and oxygen atoms in total. The van der Waals surface area contributed by atoms with Crippen molar-refractivity contribution >= 4 is 49.2 Å². The molecule has 0 fully saturated rings. The van der Waals surface area contributed by atoms with Crippen LogP contribution in [-0.2, 0) is 0 Å². The Labute approximate surface area is 331 Å². The quantitative estimate of drug-likeness (QED) is 0.158. The highest BCUT2D eigenvalue weighted by Gasteiger charge is 2.19. The molecule has 6 heteroatoms. The van der Waals surface area contributed by atoms with Crippen LogP contribution < -0.4 is 5.73 Å². The predicted molar refractivity (Wildman–Crippen MR) is 236 cm³/mol. The van der Waals surface area contributed by atoms with Crippen LogP contribution in [0.2, 0.25) is 0 Å². The molecule has 0 saturated carbocycles. The fourth-order valence-corrected chi connectivity index (χ4v) is 8.64. The SMILES string of the molecule is CC/C=C(\C=C/N)C1C=C(c2ccc3c(c2)c2cnccc2n3-c2cccc(-n3c4ccncc4c4cc(-c5cccc(-c6ccncc6)c5)ccc43)c2)C=CC1. The first-order valence-corrected chi connectivity index (χ1v) is 19.5. The Morgan fingerprint density at radius 1 is 0.614 bits per heavy atom. The van der Waals surface area contributed by atoms with E-state index in [4.69, 9.17) is 5.73 Å². The van der Waals surface area contributed by atoms with E-state index in [1.807, 2.05) is 43.3 Å². The number of nitrogens with zero attached hydrogens (tertiary/aromatic N) is 5. The molecule has 4 aromatic carbocycles. The summed E-state index contributed by atoms with van der Waals surface area (Å²) < 4.78 is 4.73. The summed E-state index contributed by atoms with van der Waals surface area (Å²) in [5.41, 5.74) is 20.8. The molecule has 57 heavy (non-hydrogen) atoms. The van der Waals surface area contributed by atoms with Crippen molar-refractivity contribution in [3.8, 4) is 33.6 Å². The summed E-state index contributed by atoms with van der Waals surface area (Å²) in [7, 11) is 0. The van der Waals surface area contributed by atoms with Gasteiger partial charge in [0.1, 0.15) is 0 Å². The zero-order valence-electron chi connectivity index (χ0n) is 31.6. The number of benzene rings is 4. The minimum Gasteiger partial charge on any atom is -0.405 e. The summed E-state index contributed by atoms with van der Waals surface area (Å²) >= 11 is 0. The van der Waals surface area contributed by atoms with Crippen molar-refractivity contribution in [2.75, 3.05) is 0 Å². The Bertz CT molecular complexity index is 3100. The maximum Gasteiger partial charge on any atom is 0.0571 e. The molecule has 0 bridgehead atoms. The van der Waals surface area contributed by atoms with Gasteiger partial charge < -0.3 is 14.9 Å². The molecular formula is C51H40N6. The molecule has 274 valence electrons. The van der Waals surface area contributed by atoms with Crippen molar-refractivity contribution in [3.63, 3.8) is 0 Å². The van der Waals surface area contributed by atoms with Gasteiger partial charge in [-0.3, -0.25) is 15.0 Å². The van der Waals surface area contributed by atoms with Crippen molar-refractivity contribution < 1.29 is 0 Å². The molecule has 10 rings (SSSR count). The standard InChI is InChI=1S/C51H40N6/c1-2-6-34(17-22-52)36-7-3-9-38(27-36)40-13-15-48-44(29-40)46-32-54-25-20-50(46)56(48)42-11-5-12-43(31-42)57-49-16-14-41(30-45(49)47-33-55-26-21-51(47)57)39-10-4-8-37(28-39)35-18-23-53-24-19-35/h3-6,8-33,36H,2,7,52H2,1H3/b22-17-,34-6+. The Morgan fingerprint density at radius 2 is 1.19 bits per heavy atom. The molecule has 0 saturated heterocycles. The second-order valence-electron chi connectivity index (χ2n) is 14.6. The molecule has 0 amide bonds. The Morgan fingerprint density at radius 3 is 1.86 bits per heavy atom. The predicted octanol–water partition coefficient (Wildman–Crippen LogP) is 12.2. The zero-order chi connectivity index (χ0) is 38.3. The topological polar surface area (TPSA) is 74.5 Å². The van der Waals surface area contributed by atoms with Gasteiger partial charge in [0, 0.05) is 76.0 Å². The van der Waals surface area contributed by atoms with Gasteiger partial charge in [0.15, 0.2) is 0 Å². The van der Waals surface area contributed by atoms with Crippen molar-refractivity contribution in [1.29, 1.82) is 0 Å². The molecule has 0 radical (unpaired) electrons. The molecule has 1 aliphatic carbocycles. The lowest BCUT2D eigenvalue weighted by Gasteiger charge is -2.19. The maximum atomic E-state index is 5.83. The summed E-state index contributed by atoms with van der Waals surface area (Å²) in [5, 5.41) is 4.57. The van der Waals surface area contributed by atoms with Crippen LogP contribution in [0.4, 0.5) is 0 Å². The second kappa shape index (κ2) is 14.4. The number of nitrogens with two attached hydrogens (primary N) is 1.